The molecule has 2 heterocycles. The molecule has 0 fully saturated rings. The first-order valence-electron chi connectivity index (χ1n) is 4.35. The number of carbonyl (C=O) groups is 1. The second kappa shape index (κ2) is 3.82. The van der Waals surface area contributed by atoms with Gasteiger partial charge in [-0.2, -0.15) is 0 Å². The summed E-state index contributed by atoms with van der Waals surface area (Å²) in [5.74, 6) is -0.476. The summed E-state index contributed by atoms with van der Waals surface area (Å²) in [4.78, 5) is 28.6. The summed E-state index contributed by atoms with van der Waals surface area (Å²) in [5.41, 5.74) is 0.430. The van der Waals surface area contributed by atoms with Crippen LogP contribution in [0.1, 0.15) is 12.2 Å². The van der Waals surface area contributed by atoms with Crippen molar-refractivity contribution in [1.29, 1.82) is 0 Å². The van der Waals surface area contributed by atoms with Crippen molar-refractivity contribution in [2.24, 2.45) is 0 Å². The van der Waals surface area contributed by atoms with Crippen molar-refractivity contribution >= 4 is 27.5 Å². The molecule has 0 aliphatic carbocycles. The Hall–Kier alpha value is -1.69. The molecule has 2 aromatic rings. The molecule has 0 radical (unpaired) electrons. The number of nitrogens with one attached hydrogen (secondary N) is 1. The van der Waals surface area contributed by atoms with E-state index in [2.05, 4.69) is 9.97 Å². The van der Waals surface area contributed by atoms with Crippen LogP contribution in [0.5, 0.6) is 0 Å². The van der Waals surface area contributed by atoms with Gasteiger partial charge >= 0.3 is 5.97 Å². The van der Waals surface area contributed by atoms with Gasteiger partial charge in [-0.3, -0.25) is 9.59 Å². The molecule has 0 amide bonds. The fourth-order valence-corrected chi connectivity index (χ4v) is 1.99. The monoisotopic (exact) mass is 224 g/mol. The van der Waals surface area contributed by atoms with E-state index in [1.165, 1.54) is 11.3 Å². The molecule has 2 N–H and O–H groups in total. The summed E-state index contributed by atoms with van der Waals surface area (Å²) in [5, 5.41) is 10.3. The molecule has 6 heteroatoms. The molecule has 0 saturated heterocycles. The number of thiophene rings is 1. The number of rotatable bonds is 3. The summed E-state index contributed by atoms with van der Waals surface area (Å²) < 4.78 is 0.578. The van der Waals surface area contributed by atoms with E-state index in [9.17, 15) is 9.59 Å². The fraction of sp³-hybridized carbons (Fsp3) is 0.222. The summed E-state index contributed by atoms with van der Waals surface area (Å²) >= 11 is 1.32. The van der Waals surface area contributed by atoms with Crippen molar-refractivity contribution < 1.29 is 9.90 Å². The van der Waals surface area contributed by atoms with Gasteiger partial charge in [0.2, 0.25) is 0 Å². The Morgan fingerprint density at radius 1 is 1.60 bits per heavy atom. The standard InChI is InChI=1S/C9H8N2O3S/c12-7(13)2-1-6-10-5-3-4-15-8(5)9(14)11-6/h3-4H,1-2H2,(H,12,13)(H,10,11,14). The summed E-state index contributed by atoms with van der Waals surface area (Å²) in [6.07, 6.45) is 0.217. The topological polar surface area (TPSA) is 83.0 Å². The van der Waals surface area contributed by atoms with Crippen LogP contribution >= 0.6 is 11.3 Å². The number of fused-ring (bicyclic) bond motifs is 1. The molecule has 0 saturated carbocycles. The van der Waals surface area contributed by atoms with Gasteiger partial charge in [-0.25, -0.2) is 4.98 Å². The van der Waals surface area contributed by atoms with Gasteiger partial charge < -0.3 is 10.1 Å². The van der Waals surface area contributed by atoms with E-state index in [1.54, 1.807) is 11.4 Å². The van der Waals surface area contributed by atoms with E-state index in [0.29, 0.717) is 16.0 Å². The minimum Gasteiger partial charge on any atom is -0.481 e. The van der Waals surface area contributed by atoms with Crippen LogP contribution in [0, 0.1) is 0 Å². The maximum Gasteiger partial charge on any atom is 0.303 e. The van der Waals surface area contributed by atoms with Crippen molar-refractivity contribution in [2.45, 2.75) is 12.8 Å². The van der Waals surface area contributed by atoms with E-state index in [4.69, 9.17) is 5.11 Å². The molecule has 15 heavy (non-hydrogen) atoms. The van der Waals surface area contributed by atoms with Crippen LogP contribution in [0.3, 0.4) is 0 Å². The van der Waals surface area contributed by atoms with Gasteiger partial charge in [0, 0.05) is 6.42 Å². The molecular formula is C9H8N2O3S. The first-order chi connectivity index (χ1) is 7.16. The lowest BCUT2D eigenvalue weighted by Crippen LogP contribution is -2.11. The molecular weight excluding hydrogens is 216 g/mol. The number of hydrogen-bond donors (Lipinski definition) is 2. The Labute approximate surface area is 88.4 Å². The SMILES string of the molecule is O=C(O)CCc1nc2ccsc2c(=O)[nH]1. The summed E-state index contributed by atoms with van der Waals surface area (Å²) in [6, 6.07) is 1.75. The van der Waals surface area contributed by atoms with E-state index in [-0.39, 0.29) is 18.4 Å². The highest BCUT2D eigenvalue weighted by atomic mass is 32.1. The van der Waals surface area contributed by atoms with Gasteiger partial charge in [-0.1, -0.05) is 0 Å². The lowest BCUT2D eigenvalue weighted by Gasteiger charge is -1.97. The van der Waals surface area contributed by atoms with Crippen LogP contribution in [0.15, 0.2) is 16.2 Å². The number of aromatic nitrogens is 2. The van der Waals surface area contributed by atoms with Crippen molar-refractivity contribution in [3.8, 4) is 0 Å². The number of carboxylic acids is 1. The van der Waals surface area contributed by atoms with E-state index >= 15 is 0 Å². The van der Waals surface area contributed by atoms with E-state index < -0.39 is 5.97 Å². The number of nitrogens with zero attached hydrogens (tertiary/aromatic N) is 1. The third-order valence-electron chi connectivity index (χ3n) is 1.94. The van der Waals surface area contributed by atoms with Gasteiger partial charge in [0.25, 0.3) is 5.56 Å². The highest BCUT2D eigenvalue weighted by Gasteiger charge is 2.06. The van der Waals surface area contributed by atoms with Gasteiger partial charge in [0.05, 0.1) is 11.9 Å². The zero-order valence-electron chi connectivity index (χ0n) is 7.69. The lowest BCUT2D eigenvalue weighted by molar-refractivity contribution is -0.137. The average molecular weight is 224 g/mol. The molecule has 0 aliphatic heterocycles. The molecule has 2 aromatic heterocycles. The normalized spacial score (nSPS) is 10.7. The van der Waals surface area contributed by atoms with E-state index in [1.807, 2.05) is 0 Å². The second-order valence-corrected chi connectivity index (χ2v) is 3.96. The van der Waals surface area contributed by atoms with Gasteiger partial charge in [0.15, 0.2) is 0 Å². The smallest absolute Gasteiger partial charge is 0.303 e. The fourth-order valence-electron chi connectivity index (χ4n) is 1.27. The maximum absolute atomic E-state index is 11.5. The molecule has 0 atom stereocenters. The Morgan fingerprint density at radius 2 is 2.40 bits per heavy atom. The van der Waals surface area contributed by atoms with Crippen molar-refractivity contribution in [3.63, 3.8) is 0 Å². The number of carboxylic acid groups (broad SMARTS) is 1. The highest BCUT2D eigenvalue weighted by molar-refractivity contribution is 7.17. The minimum absolute atomic E-state index is 0.0292. The van der Waals surface area contributed by atoms with Gasteiger partial charge in [-0.15, -0.1) is 11.3 Å². The molecule has 0 unspecified atom stereocenters. The average Bonchev–Trinajstić information content (AvgIpc) is 2.63. The largest absolute Gasteiger partial charge is 0.481 e. The second-order valence-electron chi connectivity index (χ2n) is 3.04. The zero-order chi connectivity index (χ0) is 10.8. The molecule has 0 aromatic carbocycles. The van der Waals surface area contributed by atoms with Crippen molar-refractivity contribution in [1.82, 2.24) is 9.97 Å². The molecule has 0 bridgehead atoms. The first-order valence-corrected chi connectivity index (χ1v) is 5.23. The minimum atomic E-state index is -0.900. The molecule has 0 aliphatic rings. The Morgan fingerprint density at radius 3 is 3.13 bits per heavy atom. The van der Waals surface area contributed by atoms with E-state index in [0.717, 1.165) is 0 Å². The number of aliphatic carboxylic acids is 1. The summed E-state index contributed by atoms with van der Waals surface area (Å²) in [6.45, 7) is 0. The summed E-state index contributed by atoms with van der Waals surface area (Å²) in [7, 11) is 0. The third-order valence-corrected chi connectivity index (χ3v) is 2.84. The van der Waals surface area contributed by atoms with Crippen LogP contribution in [-0.2, 0) is 11.2 Å². The van der Waals surface area contributed by atoms with Crippen LogP contribution in [0.4, 0.5) is 0 Å². The van der Waals surface area contributed by atoms with Crippen LogP contribution in [-0.4, -0.2) is 21.0 Å². The zero-order valence-corrected chi connectivity index (χ0v) is 8.50. The quantitative estimate of drug-likeness (QED) is 0.814. The molecule has 2 rings (SSSR count). The van der Waals surface area contributed by atoms with Crippen molar-refractivity contribution in [3.05, 3.63) is 27.6 Å². The number of H-pyrrole nitrogens is 1. The molecule has 78 valence electrons. The van der Waals surface area contributed by atoms with Crippen LogP contribution in [0.25, 0.3) is 10.2 Å². The van der Waals surface area contributed by atoms with Gasteiger partial charge in [0.1, 0.15) is 10.5 Å². The van der Waals surface area contributed by atoms with Gasteiger partial charge in [-0.05, 0) is 11.4 Å². The Balaban J connectivity index is 2.36. The molecule has 0 spiro atoms. The van der Waals surface area contributed by atoms with Crippen molar-refractivity contribution in [2.75, 3.05) is 0 Å². The number of aryl methyl sites for hydroxylation is 1. The first kappa shape index (κ1) is 9.85. The van der Waals surface area contributed by atoms with Crippen LogP contribution in [0.2, 0.25) is 0 Å². The predicted octanol–water partition coefficient (Wildman–Crippen LogP) is 1.00. The Bertz CT molecular complexity index is 558. The Kier molecular flexibility index (Phi) is 2.51. The highest BCUT2D eigenvalue weighted by Crippen LogP contribution is 2.13. The molecule has 5 nitrogen and oxygen atoms in total. The van der Waals surface area contributed by atoms with Crippen LogP contribution < -0.4 is 5.56 Å². The predicted molar refractivity (Wildman–Crippen MR) is 56.2 cm³/mol. The maximum atomic E-state index is 11.5. The number of hydrogen-bond acceptors (Lipinski definition) is 4. The lowest BCUT2D eigenvalue weighted by atomic mass is 10.3. The third kappa shape index (κ3) is 2.04. The number of aromatic amines is 1.